The molecule has 0 aliphatic carbocycles. The molecule has 0 aliphatic heterocycles. The largest absolute Gasteiger partial charge is 0.481 e. The Morgan fingerprint density at radius 3 is 2.65 bits per heavy atom. The summed E-state index contributed by atoms with van der Waals surface area (Å²) in [5.41, 5.74) is 0.156. The second-order valence-electron chi connectivity index (χ2n) is 5.11. The fourth-order valence-electron chi connectivity index (χ4n) is 1.70. The molecule has 0 fully saturated rings. The van der Waals surface area contributed by atoms with E-state index in [9.17, 15) is 9.59 Å². The molecule has 0 atom stereocenters. The molecule has 0 aliphatic rings. The van der Waals surface area contributed by atoms with Gasteiger partial charge >= 0.3 is 12.0 Å². The Labute approximate surface area is 117 Å². The SMILES string of the molecule is CN(C(=O)NC(C)(C)CC(=O)O)c1cccc(C#N)c1. The van der Waals surface area contributed by atoms with Crippen molar-refractivity contribution in [2.45, 2.75) is 25.8 Å². The van der Waals surface area contributed by atoms with E-state index in [1.54, 1.807) is 45.2 Å². The van der Waals surface area contributed by atoms with Crippen LogP contribution in [0.4, 0.5) is 10.5 Å². The van der Waals surface area contributed by atoms with Gasteiger partial charge in [0.2, 0.25) is 0 Å². The van der Waals surface area contributed by atoms with E-state index in [0.717, 1.165) is 0 Å². The summed E-state index contributed by atoms with van der Waals surface area (Å²) in [4.78, 5) is 24.1. The van der Waals surface area contributed by atoms with Gasteiger partial charge < -0.3 is 10.4 Å². The quantitative estimate of drug-likeness (QED) is 0.878. The Morgan fingerprint density at radius 1 is 1.45 bits per heavy atom. The number of urea groups is 1. The molecule has 1 rings (SSSR count). The molecule has 6 heteroatoms. The first-order chi connectivity index (χ1) is 9.25. The highest BCUT2D eigenvalue weighted by Gasteiger charge is 2.25. The molecule has 20 heavy (non-hydrogen) atoms. The zero-order chi connectivity index (χ0) is 15.3. The number of nitrogens with zero attached hydrogens (tertiary/aromatic N) is 2. The highest BCUT2D eigenvalue weighted by atomic mass is 16.4. The van der Waals surface area contributed by atoms with Crippen molar-refractivity contribution in [2.24, 2.45) is 0 Å². The number of hydrogen-bond donors (Lipinski definition) is 2. The predicted octanol–water partition coefficient (Wildman–Crippen LogP) is 1.96. The Kier molecular flexibility index (Phi) is 4.70. The van der Waals surface area contributed by atoms with Crippen LogP contribution in [0, 0.1) is 11.3 Å². The van der Waals surface area contributed by atoms with Crippen molar-refractivity contribution in [3.8, 4) is 6.07 Å². The number of carboxylic acids is 1. The topological polar surface area (TPSA) is 93.4 Å². The Bertz CT molecular complexity index is 561. The maximum atomic E-state index is 12.1. The number of carbonyl (C=O) groups is 2. The van der Waals surface area contributed by atoms with Gasteiger partial charge in [-0.1, -0.05) is 6.07 Å². The third-order valence-corrected chi connectivity index (χ3v) is 2.71. The summed E-state index contributed by atoms with van der Waals surface area (Å²) in [5, 5.41) is 20.3. The molecule has 2 N–H and O–H groups in total. The third kappa shape index (κ3) is 4.28. The van der Waals surface area contributed by atoms with Crippen LogP contribution < -0.4 is 10.2 Å². The molecular formula is C14H17N3O3. The Hall–Kier alpha value is -2.55. The minimum atomic E-state index is -0.982. The van der Waals surface area contributed by atoms with Crippen LogP contribution in [0.5, 0.6) is 0 Å². The zero-order valence-electron chi connectivity index (χ0n) is 11.7. The van der Waals surface area contributed by atoms with Gasteiger partial charge in [0.1, 0.15) is 0 Å². The number of aliphatic carboxylic acids is 1. The average Bonchev–Trinajstić information content (AvgIpc) is 2.35. The highest BCUT2D eigenvalue weighted by molar-refractivity contribution is 5.92. The first-order valence-electron chi connectivity index (χ1n) is 6.03. The first kappa shape index (κ1) is 15.5. The number of amides is 2. The molecule has 2 amide bonds. The lowest BCUT2D eigenvalue weighted by Gasteiger charge is -2.28. The summed E-state index contributed by atoms with van der Waals surface area (Å²) in [6.45, 7) is 3.27. The van der Waals surface area contributed by atoms with Gasteiger partial charge in [-0.15, -0.1) is 0 Å². The second kappa shape index (κ2) is 6.06. The van der Waals surface area contributed by atoms with Crippen LogP contribution in [0.25, 0.3) is 0 Å². The van der Waals surface area contributed by atoms with Crippen LogP contribution in [-0.4, -0.2) is 29.7 Å². The molecular weight excluding hydrogens is 258 g/mol. The van der Waals surface area contributed by atoms with Crippen molar-refractivity contribution in [1.29, 1.82) is 5.26 Å². The molecule has 1 aromatic carbocycles. The van der Waals surface area contributed by atoms with Gasteiger partial charge in [0.25, 0.3) is 0 Å². The van der Waals surface area contributed by atoms with E-state index >= 15 is 0 Å². The van der Waals surface area contributed by atoms with E-state index in [1.165, 1.54) is 4.90 Å². The van der Waals surface area contributed by atoms with Crippen LogP contribution >= 0.6 is 0 Å². The van der Waals surface area contributed by atoms with Gasteiger partial charge in [0, 0.05) is 18.3 Å². The minimum absolute atomic E-state index is 0.176. The van der Waals surface area contributed by atoms with Gasteiger partial charge in [-0.2, -0.15) is 5.26 Å². The number of anilines is 1. The number of carbonyl (C=O) groups excluding carboxylic acids is 1. The van der Waals surface area contributed by atoms with E-state index < -0.39 is 17.5 Å². The zero-order valence-corrected chi connectivity index (χ0v) is 11.7. The minimum Gasteiger partial charge on any atom is -0.481 e. The fourth-order valence-corrected chi connectivity index (χ4v) is 1.70. The van der Waals surface area contributed by atoms with E-state index in [-0.39, 0.29) is 6.42 Å². The lowest BCUT2D eigenvalue weighted by molar-refractivity contribution is -0.138. The van der Waals surface area contributed by atoms with Gasteiger partial charge in [0.15, 0.2) is 0 Å². The van der Waals surface area contributed by atoms with Gasteiger partial charge in [-0.25, -0.2) is 4.79 Å². The Morgan fingerprint density at radius 2 is 2.10 bits per heavy atom. The Balaban J connectivity index is 2.81. The molecule has 106 valence electrons. The van der Waals surface area contributed by atoms with E-state index in [4.69, 9.17) is 10.4 Å². The number of nitriles is 1. The summed E-state index contributed by atoms with van der Waals surface area (Å²) < 4.78 is 0. The average molecular weight is 275 g/mol. The molecule has 0 aromatic heterocycles. The number of rotatable bonds is 4. The van der Waals surface area contributed by atoms with Crippen LogP contribution in [0.1, 0.15) is 25.8 Å². The molecule has 0 spiro atoms. The lowest BCUT2D eigenvalue weighted by atomic mass is 10.0. The first-order valence-corrected chi connectivity index (χ1v) is 6.03. The van der Waals surface area contributed by atoms with E-state index in [0.29, 0.717) is 11.3 Å². The monoisotopic (exact) mass is 275 g/mol. The van der Waals surface area contributed by atoms with Crippen LogP contribution in [0.15, 0.2) is 24.3 Å². The standard InChI is InChI=1S/C14H17N3O3/c1-14(2,8-12(18)19)16-13(20)17(3)11-6-4-5-10(7-11)9-15/h4-7H,8H2,1-3H3,(H,16,20)(H,18,19). The third-order valence-electron chi connectivity index (χ3n) is 2.71. The maximum Gasteiger partial charge on any atom is 0.322 e. The summed E-state index contributed by atoms with van der Waals surface area (Å²) in [7, 11) is 1.56. The fraction of sp³-hybridized carbons (Fsp3) is 0.357. The molecule has 0 bridgehead atoms. The second-order valence-corrected chi connectivity index (χ2v) is 5.11. The number of benzene rings is 1. The molecule has 0 radical (unpaired) electrons. The number of hydrogen-bond acceptors (Lipinski definition) is 3. The normalized spacial score (nSPS) is 10.5. The van der Waals surface area contributed by atoms with Gasteiger partial charge in [-0.3, -0.25) is 9.69 Å². The van der Waals surface area contributed by atoms with Crippen molar-refractivity contribution in [2.75, 3.05) is 11.9 Å². The summed E-state index contributed by atoms with van der Waals surface area (Å²) in [5.74, 6) is -0.982. The summed E-state index contributed by atoms with van der Waals surface area (Å²) in [6.07, 6.45) is -0.176. The van der Waals surface area contributed by atoms with Crippen molar-refractivity contribution in [3.63, 3.8) is 0 Å². The van der Waals surface area contributed by atoms with Crippen molar-refractivity contribution >= 4 is 17.7 Å². The number of carboxylic acid groups (broad SMARTS) is 1. The van der Waals surface area contributed by atoms with Gasteiger partial charge in [0.05, 0.1) is 18.1 Å². The van der Waals surface area contributed by atoms with Crippen molar-refractivity contribution in [3.05, 3.63) is 29.8 Å². The molecule has 1 aromatic rings. The van der Waals surface area contributed by atoms with Gasteiger partial charge in [-0.05, 0) is 32.0 Å². The van der Waals surface area contributed by atoms with E-state index in [1.807, 2.05) is 6.07 Å². The predicted molar refractivity (Wildman–Crippen MR) is 74.4 cm³/mol. The van der Waals surface area contributed by atoms with Crippen LogP contribution in [0.2, 0.25) is 0 Å². The molecule has 0 saturated carbocycles. The smallest absolute Gasteiger partial charge is 0.322 e. The van der Waals surface area contributed by atoms with E-state index in [2.05, 4.69) is 5.32 Å². The van der Waals surface area contributed by atoms with Crippen molar-refractivity contribution in [1.82, 2.24) is 5.32 Å². The summed E-state index contributed by atoms with van der Waals surface area (Å²) >= 11 is 0. The number of nitrogens with one attached hydrogen (secondary N) is 1. The summed E-state index contributed by atoms with van der Waals surface area (Å²) in [6, 6.07) is 8.18. The molecule has 0 heterocycles. The highest BCUT2D eigenvalue weighted by Crippen LogP contribution is 2.16. The molecule has 0 saturated heterocycles. The molecule has 0 unspecified atom stereocenters. The van der Waals surface area contributed by atoms with Crippen molar-refractivity contribution < 1.29 is 14.7 Å². The van der Waals surface area contributed by atoms with Crippen LogP contribution in [0.3, 0.4) is 0 Å². The maximum absolute atomic E-state index is 12.1. The van der Waals surface area contributed by atoms with Crippen LogP contribution in [-0.2, 0) is 4.79 Å². The lowest BCUT2D eigenvalue weighted by Crippen LogP contribution is -2.50. The molecule has 6 nitrogen and oxygen atoms in total.